The van der Waals surface area contributed by atoms with Gasteiger partial charge in [0.25, 0.3) is 0 Å². The molecule has 0 radical (unpaired) electrons. The summed E-state index contributed by atoms with van der Waals surface area (Å²) in [5.74, 6) is -0.621. The predicted molar refractivity (Wildman–Crippen MR) is 83.9 cm³/mol. The van der Waals surface area contributed by atoms with Gasteiger partial charge in [-0.15, -0.1) is 10.2 Å². The van der Waals surface area contributed by atoms with Gasteiger partial charge in [-0.3, -0.25) is 9.59 Å². The van der Waals surface area contributed by atoms with Crippen LogP contribution in [0.2, 0.25) is 0 Å². The van der Waals surface area contributed by atoms with Crippen LogP contribution in [0.4, 0.5) is 5.69 Å². The summed E-state index contributed by atoms with van der Waals surface area (Å²) in [6.07, 6.45) is 0.609. The summed E-state index contributed by atoms with van der Waals surface area (Å²) in [6.45, 7) is 1.45. The van der Waals surface area contributed by atoms with Crippen molar-refractivity contribution < 1.29 is 9.59 Å². The summed E-state index contributed by atoms with van der Waals surface area (Å²) in [5.41, 5.74) is 12.5. The van der Waals surface area contributed by atoms with E-state index >= 15 is 0 Å². The molecule has 2 amide bonds. The highest BCUT2D eigenvalue weighted by molar-refractivity contribution is 7.11. The number of benzene rings is 1. The molecule has 2 rings (SSSR count). The predicted octanol–water partition coefficient (Wildman–Crippen LogP) is 0.568. The molecule has 7 nitrogen and oxygen atoms in total. The number of amides is 2. The second-order valence-corrected chi connectivity index (χ2v) is 5.97. The molecule has 0 saturated carbocycles. The van der Waals surface area contributed by atoms with Gasteiger partial charge in [-0.25, -0.2) is 0 Å². The molecule has 5 N–H and O–H groups in total. The summed E-state index contributed by atoms with van der Waals surface area (Å²) in [4.78, 5) is 22.3. The minimum Gasteiger partial charge on any atom is -0.399 e. The van der Waals surface area contributed by atoms with Crippen LogP contribution in [0.5, 0.6) is 0 Å². The van der Waals surface area contributed by atoms with Crippen molar-refractivity contribution in [3.8, 4) is 0 Å². The van der Waals surface area contributed by atoms with E-state index in [0.29, 0.717) is 22.1 Å². The maximum absolute atomic E-state index is 11.4. The third-order valence-corrected chi connectivity index (χ3v) is 3.94. The molecule has 0 saturated heterocycles. The van der Waals surface area contributed by atoms with Crippen molar-refractivity contribution in [3.05, 3.63) is 39.8 Å². The quantitative estimate of drug-likeness (QED) is 0.671. The molecule has 0 aliphatic carbocycles. The molecule has 116 valence electrons. The first-order valence-electron chi connectivity index (χ1n) is 6.66. The van der Waals surface area contributed by atoms with Crippen molar-refractivity contribution in [1.29, 1.82) is 0 Å². The molecule has 0 fully saturated rings. The van der Waals surface area contributed by atoms with E-state index < -0.39 is 5.91 Å². The number of hydrogen-bond donors (Lipinski definition) is 3. The van der Waals surface area contributed by atoms with E-state index in [1.54, 1.807) is 12.1 Å². The van der Waals surface area contributed by atoms with Gasteiger partial charge in [-0.1, -0.05) is 23.5 Å². The molecule has 22 heavy (non-hydrogen) atoms. The monoisotopic (exact) mass is 319 g/mol. The number of anilines is 1. The van der Waals surface area contributed by atoms with Gasteiger partial charge in [-0.05, 0) is 24.1 Å². The zero-order valence-corrected chi connectivity index (χ0v) is 12.9. The Bertz CT molecular complexity index is 668. The Balaban J connectivity index is 2.18. The Morgan fingerprint density at radius 1 is 1.27 bits per heavy atom. The summed E-state index contributed by atoms with van der Waals surface area (Å²) < 4.78 is 0. The average Bonchev–Trinajstić information content (AvgIpc) is 2.87. The number of primary amides is 1. The van der Waals surface area contributed by atoms with E-state index in [2.05, 4.69) is 15.5 Å². The number of nitrogens with zero attached hydrogens (tertiary/aromatic N) is 2. The smallest absolute Gasteiger partial charge is 0.224 e. The third-order valence-electron chi connectivity index (χ3n) is 2.90. The van der Waals surface area contributed by atoms with Gasteiger partial charge in [0.15, 0.2) is 0 Å². The number of rotatable bonds is 6. The fourth-order valence-corrected chi connectivity index (χ4v) is 2.87. The van der Waals surface area contributed by atoms with Crippen molar-refractivity contribution in [1.82, 2.24) is 15.5 Å². The number of nitrogens with one attached hydrogen (secondary N) is 1. The lowest BCUT2D eigenvalue weighted by atomic mass is 10.1. The standard InChI is InChI=1S/C14H17N5O2S/c1-8(20)17-11(6-9-2-4-10(15)5-3-9)14-19-18-13(22-14)7-12(16)21/h2-5,11H,6-7,15H2,1H3,(H2,16,21)(H,17,20)/t11-/m0/s1. The van der Waals surface area contributed by atoms with Crippen LogP contribution < -0.4 is 16.8 Å². The maximum Gasteiger partial charge on any atom is 0.224 e. The maximum atomic E-state index is 11.4. The number of hydrogen-bond acceptors (Lipinski definition) is 6. The van der Waals surface area contributed by atoms with Crippen molar-refractivity contribution in [2.24, 2.45) is 5.73 Å². The van der Waals surface area contributed by atoms with E-state index in [1.807, 2.05) is 12.1 Å². The van der Waals surface area contributed by atoms with E-state index in [0.717, 1.165) is 5.56 Å². The van der Waals surface area contributed by atoms with Crippen LogP contribution >= 0.6 is 11.3 Å². The first kappa shape index (κ1) is 15.9. The van der Waals surface area contributed by atoms with E-state index in [9.17, 15) is 9.59 Å². The zero-order chi connectivity index (χ0) is 16.1. The van der Waals surface area contributed by atoms with Gasteiger partial charge in [-0.2, -0.15) is 0 Å². The number of carbonyl (C=O) groups is 2. The van der Waals surface area contributed by atoms with E-state index in [-0.39, 0.29) is 18.4 Å². The van der Waals surface area contributed by atoms with Gasteiger partial charge < -0.3 is 16.8 Å². The van der Waals surface area contributed by atoms with E-state index in [1.165, 1.54) is 18.3 Å². The molecule has 0 unspecified atom stereocenters. The molecule has 0 aliphatic rings. The highest BCUT2D eigenvalue weighted by atomic mass is 32.1. The lowest BCUT2D eigenvalue weighted by Gasteiger charge is -2.15. The molecule has 8 heteroatoms. The molecule has 0 spiro atoms. The molecular weight excluding hydrogens is 302 g/mol. The fraction of sp³-hybridized carbons (Fsp3) is 0.286. The second-order valence-electron chi connectivity index (χ2n) is 4.88. The largest absolute Gasteiger partial charge is 0.399 e. The molecule has 1 atom stereocenters. The van der Waals surface area contributed by atoms with Crippen LogP contribution in [0.25, 0.3) is 0 Å². The minimum atomic E-state index is -0.461. The molecule has 1 heterocycles. The molecule has 0 bridgehead atoms. The van der Waals surface area contributed by atoms with Gasteiger partial charge in [0.1, 0.15) is 10.0 Å². The Labute approximate surface area is 131 Å². The highest BCUT2D eigenvalue weighted by Crippen LogP contribution is 2.23. The van der Waals surface area contributed by atoms with Crippen molar-refractivity contribution in [3.63, 3.8) is 0 Å². The van der Waals surface area contributed by atoms with Crippen molar-refractivity contribution in [2.45, 2.75) is 25.8 Å². The van der Waals surface area contributed by atoms with Gasteiger partial charge in [0.05, 0.1) is 12.5 Å². The average molecular weight is 319 g/mol. The van der Waals surface area contributed by atoms with Gasteiger partial charge in [0, 0.05) is 12.6 Å². The first-order chi connectivity index (χ1) is 10.4. The molecule has 1 aromatic carbocycles. The van der Waals surface area contributed by atoms with Crippen LogP contribution in [0.1, 0.15) is 28.5 Å². The molecule has 1 aromatic heterocycles. The Hall–Kier alpha value is -2.48. The van der Waals surface area contributed by atoms with Crippen LogP contribution in [0.15, 0.2) is 24.3 Å². The number of carbonyl (C=O) groups excluding carboxylic acids is 2. The van der Waals surface area contributed by atoms with Gasteiger partial charge in [0.2, 0.25) is 11.8 Å². The normalized spacial score (nSPS) is 11.9. The Morgan fingerprint density at radius 2 is 1.95 bits per heavy atom. The lowest BCUT2D eigenvalue weighted by Crippen LogP contribution is -2.27. The third kappa shape index (κ3) is 4.52. The second kappa shape index (κ2) is 6.99. The molecule has 2 aromatic rings. The summed E-state index contributed by atoms with van der Waals surface area (Å²) in [5, 5.41) is 12.0. The van der Waals surface area contributed by atoms with Crippen LogP contribution in [-0.4, -0.2) is 22.0 Å². The van der Waals surface area contributed by atoms with Crippen LogP contribution in [-0.2, 0) is 22.4 Å². The van der Waals surface area contributed by atoms with E-state index in [4.69, 9.17) is 11.5 Å². The number of aromatic nitrogens is 2. The van der Waals surface area contributed by atoms with Crippen molar-refractivity contribution >= 4 is 28.8 Å². The summed E-state index contributed by atoms with van der Waals surface area (Å²) >= 11 is 1.27. The Morgan fingerprint density at radius 3 is 2.55 bits per heavy atom. The Kier molecular flexibility index (Phi) is 5.05. The molecule has 0 aliphatic heterocycles. The SMILES string of the molecule is CC(=O)N[C@@H](Cc1ccc(N)cc1)c1nnc(CC(N)=O)s1. The highest BCUT2D eigenvalue weighted by Gasteiger charge is 2.19. The minimum absolute atomic E-state index is 0.0479. The summed E-state index contributed by atoms with van der Waals surface area (Å²) in [6, 6.07) is 7.10. The zero-order valence-electron chi connectivity index (χ0n) is 12.1. The van der Waals surface area contributed by atoms with Crippen molar-refractivity contribution in [2.75, 3.05) is 5.73 Å². The first-order valence-corrected chi connectivity index (χ1v) is 7.48. The van der Waals surface area contributed by atoms with Crippen LogP contribution in [0, 0.1) is 0 Å². The summed E-state index contributed by atoms with van der Waals surface area (Å²) in [7, 11) is 0. The topological polar surface area (TPSA) is 124 Å². The number of nitrogens with two attached hydrogens (primary N) is 2. The lowest BCUT2D eigenvalue weighted by molar-refractivity contribution is -0.120. The fourth-order valence-electron chi connectivity index (χ4n) is 1.96. The van der Waals surface area contributed by atoms with Crippen LogP contribution in [0.3, 0.4) is 0 Å². The van der Waals surface area contributed by atoms with Gasteiger partial charge >= 0.3 is 0 Å². The number of nitrogen functional groups attached to an aromatic ring is 1. The molecular formula is C14H17N5O2S.